The van der Waals surface area contributed by atoms with Gasteiger partial charge in [0.2, 0.25) is 0 Å². The van der Waals surface area contributed by atoms with Gasteiger partial charge in [-0.2, -0.15) is 5.48 Å². The van der Waals surface area contributed by atoms with Crippen LogP contribution < -0.4 is 16.1 Å². The third kappa shape index (κ3) is 5.63. The second kappa shape index (κ2) is 9.67. The van der Waals surface area contributed by atoms with Gasteiger partial charge in [-0.15, -0.1) is 0 Å². The van der Waals surface area contributed by atoms with Crippen LogP contribution in [0, 0.1) is 5.92 Å². The summed E-state index contributed by atoms with van der Waals surface area (Å²) >= 11 is 0. The second-order valence-electron chi connectivity index (χ2n) is 9.99. The molecule has 4 aliphatic heterocycles. The minimum atomic E-state index is -0.449. The largest absolute Gasteiger partial charge is 0.444 e. The Balaban J connectivity index is 1.22. The van der Waals surface area contributed by atoms with E-state index in [2.05, 4.69) is 21.0 Å². The molecule has 9 heteroatoms. The molecule has 1 amide bonds. The van der Waals surface area contributed by atoms with E-state index >= 15 is 0 Å². The number of morpholine rings is 1. The quantitative estimate of drug-likeness (QED) is 0.614. The van der Waals surface area contributed by atoms with Crippen LogP contribution in [-0.4, -0.2) is 91.9 Å². The average molecular weight is 426 g/mol. The lowest BCUT2D eigenvalue weighted by atomic mass is 9.93. The summed E-state index contributed by atoms with van der Waals surface area (Å²) in [5.74, 6) is 0.437. The standard InChI is InChI=1S/C21H39N5O4/c1-21(2,3)29-20(27)26-8-5-15(6-9-26)18-23-19(30-24-18)17-14-16(4-7-22-17)25-10-12-28-13-11-25/h15-19,22-24H,4-14H2,1-3H3. The lowest BCUT2D eigenvalue weighted by molar-refractivity contribution is -0.0297. The zero-order valence-electron chi connectivity index (χ0n) is 18.7. The number of carbonyl (C=O) groups excluding carboxylic acids is 1. The number of nitrogens with zero attached hydrogens (tertiary/aromatic N) is 2. The fourth-order valence-electron chi connectivity index (χ4n) is 5.00. The Hall–Kier alpha value is -0.970. The first-order chi connectivity index (χ1) is 14.4. The number of piperidine rings is 2. The van der Waals surface area contributed by atoms with Gasteiger partial charge in [-0.3, -0.25) is 15.1 Å². The summed E-state index contributed by atoms with van der Waals surface area (Å²) in [6, 6.07) is 0.896. The van der Waals surface area contributed by atoms with E-state index in [1.165, 1.54) is 6.42 Å². The van der Waals surface area contributed by atoms with E-state index in [9.17, 15) is 4.79 Å². The normalized spacial score (nSPS) is 34.8. The summed E-state index contributed by atoms with van der Waals surface area (Å²) in [6.45, 7) is 12.0. The molecule has 0 spiro atoms. The molecule has 4 rings (SSSR count). The van der Waals surface area contributed by atoms with E-state index in [-0.39, 0.29) is 18.5 Å². The van der Waals surface area contributed by atoms with Crippen LogP contribution in [0.25, 0.3) is 0 Å². The molecule has 0 radical (unpaired) electrons. The monoisotopic (exact) mass is 425 g/mol. The molecule has 4 aliphatic rings. The van der Waals surface area contributed by atoms with Crippen LogP contribution in [0.4, 0.5) is 4.79 Å². The molecule has 0 aromatic heterocycles. The number of hydroxylamine groups is 1. The third-order valence-corrected chi connectivity index (χ3v) is 6.67. The van der Waals surface area contributed by atoms with E-state index in [1.54, 1.807) is 0 Å². The molecule has 9 nitrogen and oxygen atoms in total. The highest BCUT2D eigenvalue weighted by atomic mass is 16.7. The first-order valence-electron chi connectivity index (χ1n) is 11.6. The SMILES string of the molecule is CC(C)(C)OC(=O)N1CCC(C2NOC(C3CC(N4CCOCC4)CCN3)N2)CC1. The van der Waals surface area contributed by atoms with Gasteiger partial charge in [0.25, 0.3) is 0 Å². The topological polar surface area (TPSA) is 87.3 Å². The second-order valence-corrected chi connectivity index (χ2v) is 9.99. The van der Waals surface area contributed by atoms with E-state index in [4.69, 9.17) is 14.3 Å². The van der Waals surface area contributed by atoms with E-state index in [1.807, 2.05) is 25.7 Å². The average Bonchev–Trinajstić information content (AvgIpc) is 3.24. The summed E-state index contributed by atoms with van der Waals surface area (Å²) in [5.41, 5.74) is 2.78. The zero-order chi connectivity index (χ0) is 21.1. The van der Waals surface area contributed by atoms with Crippen LogP contribution >= 0.6 is 0 Å². The Labute approximate surface area is 180 Å². The van der Waals surface area contributed by atoms with Crippen LogP contribution in [0.5, 0.6) is 0 Å². The Morgan fingerprint density at radius 3 is 2.50 bits per heavy atom. The number of carbonyl (C=O) groups is 1. The van der Waals surface area contributed by atoms with Crippen molar-refractivity contribution in [2.75, 3.05) is 45.9 Å². The zero-order valence-corrected chi connectivity index (χ0v) is 18.7. The van der Waals surface area contributed by atoms with E-state index < -0.39 is 5.60 Å². The highest BCUT2D eigenvalue weighted by molar-refractivity contribution is 5.68. The van der Waals surface area contributed by atoms with Gasteiger partial charge in [0.05, 0.1) is 25.4 Å². The molecule has 0 bridgehead atoms. The number of hydrogen-bond donors (Lipinski definition) is 3. The first-order valence-corrected chi connectivity index (χ1v) is 11.6. The van der Waals surface area contributed by atoms with Crippen LogP contribution in [-0.2, 0) is 14.3 Å². The van der Waals surface area contributed by atoms with Crippen molar-refractivity contribution in [1.29, 1.82) is 0 Å². The summed E-state index contributed by atoms with van der Waals surface area (Å²) in [5, 5.41) is 7.30. The Morgan fingerprint density at radius 1 is 1.07 bits per heavy atom. The number of likely N-dealkylation sites (tertiary alicyclic amines) is 1. The molecule has 0 aromatic carbocycles. The van der Waals surface area contributed by atoms with Gasteiger partial charge in [0, 0.05) is 32.2 Å². The molecule has 4 unspecified atom stereocenters. The van der Waals surface area contributed by atoms with Crippen LogP contribution in [0.2, 0.25) is 0 Å². The predicted molar refractivity (Wildman–Crippen MR) is 113 cm³/mol. The lowest BCUT2D eigenvalue weighted by Gasteiger charge is -2.41. The van der Waals surface area contributed by atoms with Crippen LogP contribution in [0.15, 0.2) is 0 Å². The van der Waals surface area contributed by atoms with Gasteiger partial charge in [0.15, 0.2) is 0 Å². The highest BCUT2D eigenvalue weighted by Gasteiger charge is 2.40. The number of ether oxygens (including phenoxy) is 2. The summed E-state index contributed by atoms with van der Waals surface area (Å²) in [4.78, 5) is 22.6. The minimum absolute atomic E-state index is 0.0253. The molecule has 172 valence electrons. The fourth-order valence-corrected chi connectivity index (χ4v) is 5.00. The summed E-state index contributed by atoms with van der Waals surface area (Å²) < 4.78 is 11.0. The molecular weight excluding hydrogens is 386 g/mol. The Bertz CT molecular complexity index is 572. The minimum Gasteiger partial charge on any atom is -0.444 e. The number of amides is 1. The molecule has 0 aromatic rings. The van der Waals surface area contributed by atoms with Crippen molar-refractivity contribution in [2.45, 2.75) is 76.5 Å². The molecule has 4 fully saturated rings. The van der Waals surface area contributed by atoms with Crippen LogP contribution in [0.1, 0.15) is 46.5 Å². The molecular formula is C21H39N5O4. The van der Waals surface area contributed by atoms with Gasteiger partial charge in [-0.05, 0) is 58.9 Å². The summed E-state index contributed by atoms with van der Waals surface area (Å²) in [7, 11) is 0. The first kappa shape index (κ1) is 22.2. The molecule has 4 atom stereocenters. The van der Waals surface area contributed by atoms with Crippen molar-refractivity contribution in [1.82, 2.24) is 25.9 Å². The van der Waals surface area contributed by atoms with Crippen molar-refractivity contribution in [3.05, 3.63) is 0 Å². The maximum Gasteiger partial charge on any atom is 0.410 e. The van der Waals surface area contributed by atoms with Crippen molar-refractivity contribution >= 4 is 6.09 Å². The van der Waals surface area contributed by atoms with Gasteiger partial charge >= 0.3 is 6.09 Å². The Kier molecular flexibility index (Phi) is 7.16. The smallest absolute Gasteiger partial charge is 0.410 e. The van der Waals surface area contributed by atoms with Crippen molar-refractivity contribution in [3.8, 4) is 0 Å². The molecule has 0 saturated carbocycles. The third-order valence-electron chi connectivity index (χ3n) is 6.67. The van der Waals surface area contributed by atoms with Crippen LogP contribution in [0.3, 0.4) is 0 Å². The molecule has 3 N–H and O–H groups in total. The van der Waals surface area contributed by atoms with Gasteiger partial charge in [-0.1, -0.05) is 0 Å². The van der Waals surface area contributed by atoms with E-state index in [0.717, 1.165) is 65.2 Å². The summed E-state index contributed by atoms with van der Waals surface area (Å²) in [6.07, 6.45) is 4.04. The molecule has 0 aliphatic carbocycles. The molecule has 30 heavy (non-hydrogen) atoms. The maximum absolute atomic E-state index is 12.3. The predicted octanol–water partition coefficient (Wildman–Crippen LogP) is 0.863. The number of rotatable bonds is 3. The van der Waals surface area contributed by atoms with Gasteiger partial charge < -0.3 is 19.7 Å². The van der Waals surface area contributed by atoms with E-state index in [0.29, 0.717) is 18.0 Å². The maximum atomic E-state index is 12.3. The fraction of sp³-hybridized carbons (Fsp3) is 0.952. The molecule has 4 saturated heterocycles. The van der Waals surface area contributed by atoms with Crippen molar-refractivity contribution in [2.24, 2.45) is 5.92 Å². The Morgan fingerprint density at radius 2 is 1.80 bits per heavy atom. The number of nitrogens with one attached hydrogen (secondary N) is 3. The highest BCUT2D eigenvalue weighted by Crippen LogP contribution is 2.26. The molecule has 4 heterocycles. The van der Waals surface area contributed by atoms with Gasteiger partial charge in [-0.25, -0.2) is 4.79 Å². The van der Waals surface area contributed by atoms with Gasteiger partial charge in [0.1, 0.15) is 11.8 Å². The number of hydrogen-bond acceptors (Lipinski definition) is 8. The lowest BCUT2D eigenvalue weighted by Crippen LogP contribution is -2.57. The van der Waals surface area contributed by atoms with Crippen molar-refractivity contribution < 1.29 is 19.1 Å². The van der Waals surface area contributed by atoms with Crippen molar-refractivity contribution in [3.63, 3.8) is 0 Å².